The smallest absolute Gasteiger partial charge is 0.330 e. The van der Waals surface area contributed by atoms with Gasteiger partial charge in [-0.15, -0.1) is 0 Å². The normalized spacial score (nSPS) is 11.1. The molecule has 0 aliphatic heterocycles. The molecule has 0 atom stereocenters. The first kappa shape index (κ1) is 19.1. The lowest BCUT2D eigenvalue weighted by Crippen LogP contribution is -2.37. The minimum absolute atomic E-state index is 0.263. The van der Waals surface area contributed by atoms with Crippen molar-refractivity contribution < 1.29 is 4.79 Å². The summed E-state index contributed by atoms with van der Waals surface area (Å²) in [6.07, 6.45) is 7.71. The quantitative estimate of drug-likeness (QED) is 0.637. The molecule has 3 rings (SSSR count). The monoisotopic (exact) mass is 379 g/mol. The van der Waals surface area contributed by atoms with Crippen molar-refractivity contribution in [3.05, 3.63) is 92.5 Å². The van der Waals surface area contributed by atoms with E-state index in [9.17, 15) is 14.4 Å². The van der Waals surface area contributed by atoms with E-state index >= 15 is 0 Å². The van der Waals surface area contributed by atoms with Gasteiger partial charge in [-0.3, -0.25) is 18.8 Å². The van der Waals surface area contributed by atoms with Gasteiger partial charge >= 0.3 is 5.69 Å². The number of carbonyl (C=O) groups is 1. The second-order valence-electron chi connectivity index (χ2n) is 6.37. The predicted octanol–water partition coefficient (Wildman–Crippen LogP) is 0.658. The highest BCUT2D eigenvalue weighted by Crippen LogP contribution is 2.10. The summed E-state index contributed by atoms with van der Waals surface area (Å²) in [5.74, 6) is -0.329. The third-order valence-corrected chi connectivity index (χ3v) is 4.35. The molecule has 0 radical (unpaired) electrons. The van der Waals surface area contributed by atoms with E-state index in [1.807, 2.05) is 41.2 Å². The molecule has 8 heteroatoms. The Bertz CT molecular complexity index is 1120. The Hall–Kier alpha value is -3.68. The van der Waals surface area contributed by atoms with Gasteiger partial charge in [0.1, 0.15) is 0 Å². The maximum atomic E-state index is 12.2. The molecule has 0 fully saturated rings. The first-order valence-electron chi connectivity index (χ1n) is 8.72. The summed E-state index contributed by atoms with van der Waals surface area (Å²) in [6.45, 7) is 0.967. The topological polar surface area (TPSA) is 90.9 Å². The molecule has 1 aromatic carbocycles. The number of rotatable bonds is 6. The summed E-state index contributed by atoms with van der Waals surface area (Å²) >= 11 is 0. The molecule has 2 aromatic heterocycles. The van der Waals surface area contributed by atoms with Crippen LogP contribution in [0.4, 0.5) is 0 Å². The summed E-state index contributed by atoms with van der Waals surface area (Å²) < 4.78 is 4.11. The Balaban J connectivity index is 1.68. The van der Waals surface area contributed by atoms with E-state index < -0.39 is 11.2 Å². The Kier molecular flexibility index (Phi) is 5.69. The highest BCUT2D eigenvalue weighted by molar-refractivity contribution is 5.91. The van der Waals surface area contributed by atoms with Crippen molar-refractivity contribution in [1.29, 1.82) is 0 Å². The summed E-state index contributed by atoms with van der Waals surface area (Å²) in [5, 5.41) is 7.02. The minimum Gasteiger partial charge on any atom is -0.348 e. The van der Waals surface area contributed by atoms with Crippen LogP contribution in [-0.2, 0) is 32.0 Å². The van der Waals surface area contributed by atoms with Crippen LogP contribution < -0.4 is 16.6 Å². The minimum atomic E-state index is -0.447. The number of amides is 1. The first-order valence-corrected chi connectivity index (χ1v) is 8.72. The van der Waals surface area contributed by atoms with Crippen LogP contribution in [0.2, 0.25) is 0 Å². The summed E-state index contributed by atoms with van der Waals surface area (Å²) in [4.78, 5) is 36.0. The number of carbonyl (C=O) groups excluding carboxylic acids is 1. The van der Waals surface area contributed by atoms with Gasteiger partial charge in [-0.1, -0.05) is 24.3 Å². The fourth-order valence-corrected chi connectivity index (χ4v) is 2.81. The number of nitrogens with zero attached hydrogens (tertiary/aromatic N) is 4. The molecular weight excluding hydrogens is 358 g/mol. The van der Waals surface area contributed by atoms with Gasteiger partial charge in [0, 0.05) is 45.3 Å². The van der Waals surface area contributed by atoms with Crippen molar-refractivity contribution in [2.45, 2.75) is 13.1 Å². The maximum absolute atomic E-state index is 12.2. The molecule has 0 saturated heterocycles. The van der Waals surface area contributed by atoms with Crippen LogP contribution in [0, 0.1) is 0 Å². The van der Waals surface area contributed by atoms with E-state index in [1.165, 1.54) is 30.0 Å². The molecule has 144 valence electrons. The molecule has 0 bridgehead atoms. The van der Waals surface area contributed by atoms with E-state index in [4.69, 9.17) is 0 Å². The third-order valence-electron chi connectivity index (χ3n) is 4.35. The standard InChI is InChI=1S/C20H21N5O3/c1-23-13-17(19(27)24(2)20(23)28)8-9-18(26)21-12-15-6-3-4-7-16(15)14-25-11-5-10-22-25/h3-11,13H,12,14H2,1-2H3,(H,21,26)/b9-8+. The second-order valence-corrected chi connectivity index (χ2v) is 6.37. The fourth-order valence-electron chi connectivity index (χ4n) is 2.81. The van der Waals surface area contributed by atoms with Crippen molar-refractivity contribution in [3.8, 4) is 0 Å². The molecule has 1 N–H and O–H groups in total. The zero-order chi connectivity index (χ0) is 20.1. The maximum Gasteiger partial charge on any atom is 0.330 e. The van der Waals surface area contributed by atoms with Gasteiger partial charge in [0.25, 0.3) is 5.56 Å². The summed E-state index contributed by atoms with van der Waals surface area (Å²) in [6, 6.07) is 9.66. The molecule has 3 aromatic rings. The molecule has 1 amide bonds. The molecule has 0 aliphatic rings. The highest BCUT2D eigenvalue weighted by Gasteiger charge is 2.06. The van der Waals surface area contributed by atoms with Crippen molar-refractivity contribution in [2.75, 3.05) is 0 Å². The lowest BCUT2D eigenvalue weighted by atomic mass is 10.1. The Morgan fingerprint density at radius 1 is 1.14 bits per heavy atom. The fraction of sp³-hybridized carbons (Fsp3) is 0.200. The Morgan fingerprint density at radius 2 is 1.89 bits per heavy atom. The van der Waals surface area contributed by atoms with Gasteiger partial charge in [-0.25, -0.2) is 4.79 Å². The number of aromatic nitrogens is 4. The SMILES string of the molecule is Cn1cc(/C=C/C(=O)NCc2ccccc2Cn2cccn2)c(=O)n(C)c1=O. The van der Waals surface area contributed by atoms with E-state index in [-0.39, 0.29) is 11.5 Å². The molecule has 8 nitrogen and oxygen atoms in total. The molecule has 0 aliphatic carbocycles. The van der Waals surface area contributed by atoms with Gasteiger partial charge in [0.2, 0.25) is 5.91 Å². The number of hydrogen-bond donors (Lipinski definition) is 1. The van der Waals surface area contributed by atoms with Crippen molar-refractivity contribution >= 4 is 12.0 Å². The zero-order valence-corrected chi connectivity index (χ0v) is 15.7. The van der Waals surface area contributed by atoms with E-state index in [0.717, 1.165) is 15.7 Å². The van der Waals surface area contributed by atoms with Crippen molar-refractivity contribution in [2.24, 2.45) is 14.1 Å². The van der Waals surface area contributed by atoms with Gasteiger partial charge in [-0.05, 0) is 23.3 Å². The first-order chi connectivity index (χ1) is 13.5. The van der Waals surface area contributed by atoms with Gasteiger partial charge in [-0.2, -0.15) is 5.10 Å². The lowest BCUT2D eigenvalue weighted by Gasteiger charge is -2.10. The van der Waals surface area contributed by atoms with Crippen molar-refractivity contribution in [3.63, 3.8) is 0 Å². The number of nitrogens with one attached hydrogen (secondary N) is 1. The van der Waals surface area contributed by atoms with Crippen LogP contribution in [0.1, 0.15) is 16.7 Å². The zero-order valence-electron chi connectivity index (χ0n) is 15.7. The Morgan fingerprint density at radius 3 is 2.61 bits per heavy atom. The van der Waals surface area contributed by atoms with Crippen LogP contribution in [0.15, 0.2) is 64.6 Å². The summed E-state index contributed by atoms with van der Waals surface area (Å²) in [5.41, 5.74) is 1.44. The number of hydrogen-bond acceptors (Lipinski definition) is 4. The third kappa shape index (κ3) is 4.35. The molecule has 0 unspecified atom stereocenters. The van der Waals surface area contributed by atoms with Crippen LogP contribution in [0.3, 0.4) is 0 Å². The van der Waals surface area contributed by atoms with E-state index in [2.05, 4.69) is 10.4 Å². The largest absolute Gasteiger partial charge is 0.348 e. The predicted molar refractivity (Wildman–Crippen MR) is 106 cm³/mol. The molecule has 2 heterocycles. The van der Waals surface area contributed by atoms with Gasteiger partial charge < -0.3 is 9.88 Å². The molecule has 28 heavy (non-hydrogen) atoms. The van der Waals surface area contributed by atoms with E-state index in [0.29, 0.717) is 13.1 Å². The van der Waals surface area contributed by atoms with Crippen molar-refractivity contribution in [1.82, 2.24) is 24.2 Å². The average molecular weight is 379 g/mol. The number of benzene rings is 1. The second kappa shape index (κ2) is 8.34. The van der Waals surface area contributed by atoms with Crippen LogP contribution >= 0.6 is 0 Å². The summed E-state index contributed by atoms with van der Waals surface area (Å²) in [7, 11) is 2.95. The average Bonchev–Trinajstić information content (AvgIpc) is 3.20. The van der Waals surface area contributed by atoms with Crippen LogP contribution in [0.5, 0.6) is 0 Å². The lowest BCUT2D eigenvalue weighted by molar-refractivity contribution is -0.116. The van der Waals surface area contributed by atoms with Crippen LogP contribution in [-0.4, -0.2) is 24.8 Å². The van der Waals surface area contributed by atoms with Gasteiger partial charge in [0.15, 0.2) is 0 Å². The van der Waals surface area contributed by atoms with Crippen LogP contribution in [0.25, 0.3) is 6.08 Å². The molecule has 0 spiro atoms. The number of aryl methyl sites for hydroxylation is 1. The highest BCUT2D eigenvalue weighted by atomic mass is 16.2. The molecular formula is C20H21N5O3. The Labute approximate surface area is 161 Å². The van der Waals surface area contributed by atoms with E-state index in [1.54, 1.807) is 13.2 Å². The van der Waals surface area contributed by atoms with Gasteiger partial charge in [0.05, 0.1) is 12.1 Å². The molecule has 0 saturated carbocycles.